The van der Waals surface area contributed by atoms with Crippen molar-refractivity contribution in [2.45, 2.75) is 58.2 Å². The second kappa shape index (κ2) is 4.81. The third-order valence-corrected chi connectivity index (χ3v) is 3.37. The Balaban J connectivity index is 2.52. The minimum Gasteiger partial charge on any atom is -0.394 e. The quantitative estimate of drug-likeness (QED) is 0.736. The van der Waals surface area contributed by atoms with Crippen molar-refractivity contribution in [2.75, 3.05) is 13.2 Å². The standard InChI is InChI=1S/C12H25NO2/c1-5-12(8-14)9-15-11(4,13-12)7-6-10(2)3/h10,13-14H,5-9H2,1-4H3. The number of hydrogen-bond acceptors (Lipinski definition) is 3. The molecule has 0 bridgehead atoms. The minimum atomic E-state index is -0.247. The molecule has 2 atom stereocenters. The Morgan fingerprint density at radius 1 is 1.47 bits per heavy atom. The van der Waals surface area contributed by atoms with Crippen molar-refractivity contribution >= 4 is 0 Å². The normalized spacial score (nSPS) is 36.4. The summed E-state index contributed by atoms with van der Waals surface area (Å²) in [5, 5.41) is 12.8. The molecule has 0 spiro atoms. The number of hydrogen-bond donors (Lipinski definition) is 2. The van der Waals surface area contributed by atoms with E-state index >= 15 is 0 Å². The first-order chi connectivity index (χ1) is 6.95. The third-order valence-electron chi connectivity index (χ3n) is 3.37. The Morgan fingerprint density at radius 3 is 2.53 bits per heavy atom. The molecular formula is C12H25NO2. The van der Waals surface area contributed by atoms with Crippen LogP contribution in [0.1, 0.15) is 47.0 Å². The summed E-state index contributed by atoms with van der Waals surface area (Å²) in [5.41, 5.74) is -0.464. The van der Waals surface area contributed by atoms with Crippen molar-refractivity contribution in [3.63, 3.8) is 0 Å². The monoisotopic (exact) mass is 215 g/mol. The van der Waals surface area contributed by atoms with Gasteiger partial charge in [-0.15, -0.1) is 0 Å². The van der Waals surface area contributed by atoms with Gasteiger partial charge in [-0.3, -0.25) is 5.32 Å². The van der Waals surface area contributed by atoms with E-state index < -0.39 is 0 Å². The summed E-state index contributed by atoms with van der Waals surface area (Å²) < 4.78 is 5.82. The summed E-state index contributed by atoms with van der Waals surface area (Å²) in [6.45, 7) is 9.38. The highest BCUT2D eigenvalue weighted by Crippen LogP contribution is 2.30. The highest BCUT2D eigenvalue weighted by molar-refractivity contribution is 4.97. The summed E-state index contributed by atoms with van der Waals surface area (Å²) in [4.78, 5) is 0. The topological polar surface area (TPSA) is 41.5 Å². The van der Waals surface area contributed by atoms with Crippen molar-refractivity contribution in [3.05, 3.63) is 0 Å². The summed E-state index contributed by atoms with van der Waals surface area (Å²) in [7, 11) is 0. The van der Waals surface area contributed by atoms with Gasteiger partial charge in [0.2, 0.25) is 0 Å². The summed E-state index contributed by atoms with van der Waals surface area (Å²) in [5.74, 6) is 0.693. The van der Waals surface area contributed by atoms with Crippen LogP contribution in [0.4, 0.5) is 0 Å². The molecule has 0 aromatic heterocycles. The van der Waals surface area contributed by atoms with Crippen molar-refractivity contribution in [3.8, 4) is 0 Å². The van der Waals surface area contributed by atoms with Gasteiger partial charge in [0.1, 0.15) is 5.72 Å². The van der Waals surface area contributed by atoms with Gasteiger partial charge in [-0.05, 0) is 32.1 Å². The van der Waals surface area contributed by atoms with E-state index in [1.54, 1.807) is 0 Å². The lowest BCUT2D eigenvalue weighted by Gasteiger charge is -2.30. The average Bonchev–Trinajstić information content (AvgIpc) is 2.55. The van der Waals surface area contributed by atoms with E-state index in [1.807, 2.05) is 0 Å². The van der Waals surface area contributed by atoms with Crippen LogP contribution in [-0.2, 0) is 4.74 Å². The molecule has 2 N–H and O–H groups in total. The van der Waals surface area contributed by atoms with Gasteiger partial charge < -0.3 is 9.84 Å². The molecule has 2 unspecified atom stereocenters. The SMILES string of the molecule is CCC1(CO)COC(C)(CCC(C)C)N1. The van der Waals surface area contributed by atoms with Gasteiger partial charge >= 0.3 is 0 Å². The van der Waals surface area contributed by atoms with Crippen LogP contribution in [0, 0.1) is 5.92 Å². The van der Waals surface area contributed by atoms with Crippen LogP contribution in [0.5, 0.6) is 0 Å². The molecule has 1 rings (SSSR count). The van der Waals surface area contributed by atoms with Gasteiger partial charge in [-0.25, -0.2) is 0 Å². The van der Waals surface area contributed by atoms with Crippen LogP contribution < -0.4 is 5.32 Å². The Labute approximate surface area is 93.2 Å². The molecule has 15 heavy (non-hydrogen) atoms. The molecule has 3 nitrogen and oxygen atoms in total. The lowest BCUT2D eigenvalue weighted by molar-refractivity contribution is -0.00484. The lowest BCUT2D eigenvalue weighted by Crippen LogP contribution is -2.52. The number of nitrogens with one attached hydrogen (secondary N) is 1. The van der Waals surface area contributed by atoms with E-state index in [2.05, 4.69) is 33.0 Å². The molecule has 0 aromatic carbocycles. The van der Waals surface area contributed by atoms with Crippen molar-refractivity contribution < 1.29 is 9.84 Å². The first-order valence-electron chi connectivity index (χ1n) is 5.99. The Morgan fingerprint density at radius 2 is 2.13 bits per heavy atom. The predicted molar refractivity (Wildman–Crippen MR) is 61.7 cm³/mol. The van der Waals surface area contributed by atoms with E-state index in [1.165, 1.54) is 0 Å². The first-order valence-corrected chi connectivity index (χ1v) is 5.99. The lowest BCUT2D eigenvalue weighted by atomic mass is 9.96. The van der Waals surface area contributed by atoms with E-state index in [0.29, 0.717) is 12.5 Å². The molecule has 0 amide bonds. The van der Waals surface area contributed by atoms with Crippen molar-refractivity contribution in [1.82, 2.24) is 5.32 Å². The molecule has 0 saturated carbocycles. The molecule has 1 aliphatic rings. The van der Waals surface area contributed by atoms with E-state index in [-0.39, 0.29) is 17.9 Å². The van der Waals surface area contributed by atoms with Crippen molar-refractivity contribution in [2.24, 2.45) is 5.92 Å². The fourth-order valence-electron chi connectivity index (χ4n) is 2.02. The largest absolute Gasteiger partial charge is 0.394 e. The molecule has 0 aromatic rings. The Kier molecular flexibility index (Phi) is 4.15. The zero-order valence-corrected chi connectivity index (χ0v) is 10.5. The van der Waals surface area contributed by atoms with E-state index in [9.17, 15) is 5.11 Å². The molecule has 1 fully saturated rings. The van der Waals surface area contributed by atoms with E-state index in [4.69, 9.17) is 4.74 Å². The predicted octanol–water partition coefficient (Wildman–Crippen LogP) is 1.90. The molecule has 3 heteroatoms. The van der Waals surface area contributed by atoms with Crippen LogP contribution in [0.2, 0.25) is 0 Å². The molecule has 0 aliphatic carbocycles. The zero-order valence-electron chi connectivity index (χ0n) is 10.5. The Hall–Kier alpha value is -0.120. The maximum atomic E-state index is 9.38. The van der Waals surface area contributed by atoms with Crippen LogP contribution in [0.15, 0.2) is 0 Å². The second-order valence-corrected chi connectivity index (χ2v) is 5.37. The average molecular weight is 215 g/mol. The molecule has 1 aliphatic heterocycles. The van der Waals surface area contributed by atoms with Gasteiger partial charge in [-0.1, -0.05) is 20.8 Å². The zero-order chi connectivity index (χ0) is 11.5. The van der Waals surface area contributed by atoms with Crippen molar-refractivity contribution in [1.29, 1.82) is 0 Å². The van der Waals surface area contributed by atoms with Crippen LogP contribution in [-0.4, -0.2) is 29.6 Å². The summed E-state index contributed by atoms with van der Waals surface area (Å²) >= 11 is 0. The maximum Gasteiger partial charge on any atom is 0.117 e. The maximum absolute atomic E-state index is 9.38. The summed E-state index contributed by atoms with van der Waals surface area (Å²) in [6, 6.07) is 0. The fraction of sp³-hybridized carbons (Fsp3) is 1.00. The van der Waals surface area contributed by atoms with E-state index in [0.717, 1.165) is 19.3 Å². The molecule has 1 heterocycles. The number of aliphatic hydroxyl groups excluding tert-OH is 1. The fourth-order valence-corrected chi connectivity index (χ4v) is 2.02. The van der Waals surface area contributed by atoms with Crippen LogP contribution >= 0.6 is 0 Å². The third kappa shape index (κ3) is 3.16. The summed E-state index contributed by atoms with van der Waals surface area (Å²) in [6.07, 6.45) is 3.06. The molecular weight excluding hydrogens is 190 g/mol. The highest BCUT2D eigenvalue weighted by Gasteiger charge is 2.44. The number of ether oxygens (including phenoxy) is 1. The van der Waals surface area contributed by atoms with Gasteiger partial charge in [0.05, 0.1) is 18.8 Å². The molecule has 90 valence electrons. The van der Waals surface area contributed by atoms with Gasteiger partial charge in [-0.2, -0.15) is 0 Å². The van der Waals surface area contributed by atoms with Crippen LogP contribution in [0.3, 0.4) is 0 Å². The number of aliphatic hydroxyl groups is 1. The van der Waals surface area contributed by atoms with Gasteiger partial charge in [0.15, 0.2) is 0 Å². The van der Waals surface area contributed by atoms with Gasteiger partial charge in [0.25, 0.3) is 0 Å². The highest BCUT2D eigenvalue weighted by atomic mass is 16.5. The molecule has 1 saturated heterocycles. The Bertz CT molecular complexity index is 202. The minimum absolute atomic E-state index is 0.154. The van der Waals surface area contributed by atoms with Crippen LogP contribution in [0.25, 0.3) is 0 Å². The first kappa shape index (κ1) is 12.9. The molecule has 0 radical (unpaired) electrons. The van der Waals surface area contributed by atoms with Gasteiger partial charge in [0, 0.05) is 0 Å². The smallest absolute Gasteiger partial charge is 0.117 e. The number of rotatable bonds is 5. The second-order valence-electron chi connectivity index (χ2n) is 5.37.